The Morgan fingerprint density at radius 1 is 1.00 bits per heavy atom. The first-order chi connectivity index (χ1) is 12.0. The lowest BCUT2D eigenvalue weighted by Gasteiger charge is -2.19. The molecule has 0 amide bonds. The monoisotopic (exact) mass is 354 g/mol. The Morgan fingerprint density at radius 3 is 2.36 bits per heavy atom. The number of thioether (sulfide) groups is 1. The van der Waals surface area contributed by atoms with Crippen molar-refractivity contribution >= 4 is 23.3 Å². The van der Waals surface area contributed by atoms with Gasteiger partial charge in [-0.2, -0.15) is 0 Å². The van der Waals surface area contributed by atoms with Gasteiger partial charge < -0.3 is 9.47 Å². The zero-order chi connectivity index (χ0) is 18.0. The normalized spacial score (nSPS) is 13.5. The Balaban J connectivity index is 1.94. The van der Waals surface area contributed by atoms with Crippen molar-refractivity contribution in [2.45, 2.75) is 24.8 Å². The summed E-state index contributed by atoms with van der Waals surface area (Å²) in [5, 5.41) is 0. The first-order valence-corrected chi connectivity index (χ1v) is 8.73. The third-order valence-electron chi connectivity index (χ3n) is 3.65. The van der Waals surface area contributed by atoms with E-state index in [4.69, 9.17) is 9.47 Å². The lowest BCUT2D eigenvalue weighted by molar-refractivity contribution is 0.0986. The zero-order valence-electron chi connectivity index (χ0n) is 14.2. The first kappa shape index (κ1) is 17.3. The third-order valence-corrected chi connectivity index (χ3v) is 4.69. The Kier molecular flexibility index (Phi) is 4.95. The Labute approximate surface area is 150 Å². The van der Waals surface area contributed by atoms with Gasteiger partial charge in [0.25, 0.3) is 0 Å². The Morgan fingerprint density at radius 2 is 1.72 bits per heavy atom. The largest absolute Gasteiger partial charge is 0.497 e. The second-order valence-corrected chi connectivity index (χ2v) is 6.94. The molecular weight excluding hydrogens is 336 g/mol. The van der Waals surface area contributed by atoms with Crippen LogP contribution in [0.3, 0.4) is 0 Å². The second-order valence-electron chi connectivity index (χ2n) is 5.82. The molecule has 3 rings (SSSR count). The fraction of sp³-hybridized carbons (Fsp3) is 0.200. The van der Waals surface area contributed by atoms with Gasteiger partial charge in [0, 0.05) is 16.5 Å². The summed E-state index contributed by atoms with van der Waals surface area (Å²) in [4.78, 5) is 26.6. The second kappa shape index (κ2) is 7.15. The molecule has 0 fully saturated rings. The van der Waals surface area contributed by atoms with Gasteiger partial charge in [-0.05, 0) is 44.2 Å². The van der Waals surface area contributed by atoms with Crippen LogP contribution in [-0.4, -0.2) is 24.8 Å². The van der Waals surface area contributed by atoms with Crippen molar-refractivity contribution in [1.29, 1.82) is 0 Å². The summed E-state index contributed by atoms with van der Waals surface area (Å²) in [5.74, 6) is 0.820. The highest BCUT2D eigenvalue weighted by Gasteiger charge is 2.29. The van der Waals surface area contributed by atoms with Crippen molar-refractivity contribution in [3.8, 4) is 11.5 Å². The molecule has 4 nitrogen and oxygen atoms in total. The standard InChI is InChI=1S/C20H18O4S/c1-12(2)24-17-6-4-5-15-16(21)11-18(20(22)19(15)17)25-14-9-7-13(23-3)8-10-14/h4-12H,1-3H3. The van der Waals surface area contributed by atoms with Crippen molar-refractivity contribution in [3.05, 3.63) is 64.6 Å². The number of Topliss-reactive ketones (excluding diaryl/α,β-unsaturated/α-hetero) is 1. The van der Waals surface area contributed by atoms with Crippen molar-refractivity contribution in [1.82, 2.24) is 0 Å². The zero-order valence-corrected chi connectivity index (χ0v) is 15.1. The topological polar surface area (TPSA) is 52.6 Å². The van der Waals surface area contributed by atoms with E-state index >= 15 is 0 Å². The fourth-order valence-corrected chi connectivity index (χ4v) is 3.44. The molecule has 0 atom stereocenters. The molecule has 128 valence electrons. The minimum absolute atomic E-state index is 0.0852. The van der Waals surface area contributed by atoms with Gasteiger partial charge in [0.05, 0.1) is 23.7 Å². The van der Waals surface area contributed by atoms with Gasteiger partial charge in [-0.3, -0.25) is 9.59 Å². The summed E-state index contributed by atoms with van der Waals surface area (Å²) < 4.78 is 10.9. The van der Waals surface area contributed by atoms with Gasteiger partial charge in [0.15, 0.2) is 5.78 Å². The molecule has 0 bridgehead atoms. The van der Waals surface area contributed by atoms with Crippen LogP contribution in [0.25, 0.3) is 0 Å². The molecule has 1 aliphatic rings. The molecule has 0 aliphatic heterocycles. The van der Waals surface area contributed by atoms with E-state index in [2.05, 4.69) is 0 Å². The summed E-state index contributed by atoms with van der Waals surface area (Å²) in [7, 11) is 1.60. The highest BCUT2D eigenvalue weighted by atomic mass is 32.2. The SMILES string of the molecule is COc1ccc(SC2=CC(=O)c3cccc(OC(C)C)c3C2=O)cc1. The maximum atomic E-state index is 12.9. The van der Waals surface area contributed by atoms with E-state index in [1.165, 1.54) is 17.8 Å². The predicted octanol–water partition coefficient (Wildman–Crippen LogP) is 4.54. The van der Waals surface area contributed by atoms with Gasteiger partial charge >= 0.3 is 0 Å². The maximum Gasteiger partial charge on any atom is 0.204 e. The minimum atomic E-state index is -0.188. The van der Waals surface area contributed by atoms with Crippen molar-refractivity contribution in [2.24, 2.45) is 0 Å². The van der Waals surface area contributed by atoms with E-state index in [1.807, 2.05) is 38.1 Å². The van der Waals surface area contributed by atoms with Gasteiger partial charge in [-0.25, -0.2) is 0 Å². The highest BCUT2D eigenvalue weighted by molar-refractivity contribution is 8.04. The third kappa shape index (κ3) is 3.61. The number of carbonyl (C=O) groups is 2. The number of carbonyl (C=O) groups excluding carboxylic acids is 2. The number of ether oxygens (including phenoxy) is 2. The molecular formula is C20H18O4S. The number of methoxy groups -OCH3 is 1. The van der Waals surface area contributed by atoms with Crippen molar-refractivity contribution in [2.75, 3.05) is 7.11 Å². The van der Waals surface area contributed by atoms with Crippen molar-refractivity contribution in [3.63, 3.8) is 0 Å². The van der Waals surface area contributed by atoms with Crippen LogP contribution >= 0.6 is 11.8 Å². The first-order valence-electron chi connectivity index (χ1n) is 7.92. The Hall–Kier alpha value is -2.53. The number of fused-ring (bicyclic) bond motifs is 1. The number of allylic oxidation sites excluding steroid dienone is 2. The predicted molar refractivity (Wildman–Crippen MR) is 97.8 cm³/mol. The van der Waals surface area contributed by atoms with Crippen LogP contribution in [0.1, 0.15) is 34.6 Å². The van der Waals surface area contributed by atoms with Crippen LogP contribution in [-0.2, 0) is 0 Å². The molecule has 0 heterocycles. The molecule has 0 saturated carbocycles. The van der Waals surface area contributed by atoms with Crippen LogP contribution in [0.4, 0.5) is 0 Å². The van der Waals surface area contributed by atoms with Gasteiger partial charge in [0.1, 0.15) is 11.5 Å². The Bertz CT molecular complexity index is 850. The van der Waals surface area contributed by atoms with E-state index < -0.39 is 0 Å². The van der Waals surface area contributed by atoms with E-state index in [1.54, 1.807) is 25.3 Å². The quantitative estimate of drug-likeness (QED) is 0.789. The van der Waals surface area contributed by atoms with Crippen molar-refractivity contribution < 1.29 is 19.1 Å². The maximum absolute atomic E-state index is 12.9. The number of benzene rings is 2. The summed E-state index contributed by atoms with van der Waals surface area (Å²) in [6.07, 6.45) is 1.32. The van der Waals surface area contributed by atoms with Crippen LogP contribution < -0.4 is 9.47 Å². The molecule has 2 aromatic rings. The number of rotatable bonds is 5. The van der Waals surface area contributed by atoms with E-state index in [9.17, 15) is 9.59 Å². The number of hydrogen-bond donors (Lipinski definition) is 0. The molecule has 0 saturated heterocycles. The van der Waals surface area contributed by atoms with E-state index in [0.29, 0.717) is 21.8 Å². The fourth-order valence-electron chi connectivity index (χ4n) is 2.55. The highest BCUT2D eigenvalue weighted by Crippen LogP contribution is 2.37. The molecule has 1 aliphatic carbocycles. The van der Waals surface area contributed by atoms with Crippen LogP contribution in [0.2, 0.25) is 0 Å². The number of hydrogen-bond acceptors (Lipinski definition) is 5. The molecule has 0 radical (unpaired) electrons. The van der Waals surface area contributed by atoms with E-state index in [0.717, 1.165) is 10.6 Å². The summed E-state index contributed by atoms with van der Waals surface area (Å²) in [6.45, 7) is 3.77. The summed E-state index contributed by atoms with van der Waals surface area (Å²) in [6, 6.07) is 12.5. The summed E-state index contributed by atoms with van der Waals surface area (Å²) >= 11 is 1.27. The van der Waals surface area contributed by atoms with Crippen LogP contribution in [0, 0.1) is 0 Å². The lowest BCUT2D eigenvalue weighted by atomic mass is 9.94. The van der Waals surface area contributed by atoms with Gasteiger partial charge in [-0.1, -0.05) is 23.9 Å². The van der Waals surface area contributed by atoms with Crippen LogP contribution in [0.15, 0.2) is 58.3 Å². The molecule has 0 aromatic heterocycles. The molecule has 2 aromatic carbocycles. The number of ketones is 2. The average molecular weight is 354 g/mol. The minimum Gasteiger partial charge on any atom is -0.497 e. The molecule has 0 spiro atoms. The lowest BCUT2D eigenvalue weighted by Crippen LogP contribution is -2.18. The smallest absolute Gasteiger partial charge is 0.204 e. The van der Waals surface area contributed by atoms with Gasteiger partial charge in [-0.15, -0.1) is 0 Å². The molecule has 5 heteroatoms. The molecule has 25 heavy (non-hydrogen) atoms. The molecule has 0 N–H and O–H groups in total. The van der Waals surface area contributed by atoms with Crippen LogP contribution in [0.5, 0.6) is 11.5 Å². The summed E-state index contributed by atoms with van der Waals surface area (Å²) in [5.41, 5.74) is 0.738. The average Bonchev–Trinajstić information content (AvgIpc) is 2.59. The van der Waals surface area contributed by atoms with E-state index in [-0.39, 0.29) is 17.7 Å². The van der Waals surface area contributed by atoms with Gasteiger partial charge in [0.2, 0.25) is 5.78 Å². The molecule has 0 unspecified atom stereocenters.